The van der Waals surface area contributed by atoms with Crippen molar-refractivity contribution in [2.24, 2.45) is 11.7 Å². The predicted molar refractivity (Wildman–Crippen MR) is 137 cm³/mol. The fourth-order valence-electron chi connectivity index (χ4n) is 3.50. The lowest BCUT2D eigenvalue weighted by Crippen LogP contribution is -2.58. The molecule has 0 aliphatic rings. The molecule has 1 aromatic heterocycles. The summed E-state index contributed by atoms with van der Waals surface area (Å²) in [6.07, 6.45) is 3.61. The fraction of sp³-hybridized carbons (Fsp3) is 0.458. The first kappa shape index (κ1) is 28.9. The summed E-state index contributed by atoms with van der Waals surface area (Å²) >= 11 is 4.15. The first-order valence-corrected chi connectivity index (χ1v) is 12.3. The first-order valence-electron chi connectivity index (χ1n) is 11.6. The van der Waals surface area contributed by atoms with Crippen LogP contribution in [0.2, 0.25) is 0 Å². The maximum absolute atomic E-state index is 13.2. The number of carboxylic acids is 1. The number of hydrogen-bond acceptors (Lipinski definition) is 7. The van der Waals surface area contributed by atoms with Gasteiger partial charge in [-0.25, -0.2) is 9.78 Å². The van der Waals surface area contributed by atoms with Crippen molar-refractivity contribution in [3.05, 3.63) is 54.1 Å². The highest BCUT2D eigenvalue weighted by molar-refractivity contribution is 7.80. The molecular weight excluding hydrogens is 484 g/mol. The zero-order valence-electron chi connectivity index (χ0n) is 20.3. The number of imidazole rings is 1. The van der Waals surface area contributed by atoms with Gasteiger partial charge in [-0.3, -0.25) is 14.4 Å². The average molecular weight is 519 g/mol. The molecule has 3 amide bonds. The van der Waals surface area contributed by atoms with E-state index in [0.717, 1.165) is 5.56 Å². The molecule has 4 atom stereocenters. The van der Waals surface area contributed by atoms with E-state index in [0.29, 0.717) is 5.69 Å². The van der Waals surface area contributed by atoms with Crippen molar-refractivity contribution >= 4 is 36.3 Å². The van der Waals surface area contributed by atoms with Gasteiger partial charge in [0.25, 0.3) is 0 Å². The number of carboxylic acid groups (broad SMARTS) is 1. The molecule has 11 nitrogen and oxygen atoms in total. The zero-order valence-corrected chi connectivity index (χ0v) is 21.2. The summed E-state index contributed by atoms with van der Waals surface area (Å²) in [5.74, 6) is -3.04. The van der Waals surface area contributed by atoms with Crippen LogP contribution in [0.25, 0.3) is 0 Å². The normalized spacial score (nSPS) is 14.4. The van der Waals surface area contributed by atoms with E-state index in [4.69, 9.17) is 5.73 Å². The smallest absolute Gasteiger partial charge is 0.326 e. The minimum Gasteiger partial charge on any atom is -0.480 e. The van der Waals surface area contributed by atoms with Gasteiger partial charge in [-0.1, -0.05) is 44.2 Å². The number of nitrogens with two attached hydrogens (primary N) is 1. The summed E-state index contributed by atoms with van der Waals surface area (Å²) in [5, 5.41) is 17.1. The Labute approximate surface area is 215 Å². The van der Waals surface area contributed by atoms with Gasteiger partial charge in [0.05, 0.1) is 12.4 Å². The van der Waals surface area contributed by atoms with E-state index in [9.17, 15) is 24.3 Å². The van der Waals surface area contributed by atoms with Crippen molar-refractivity contribution in [1.82, 2.24) is 25.9 Å². The lowest BCUT2D eigenvalue weighted by molar-refractivity contribution is -0.142. The Morgan fingerprint density at radius 1 is 0.972 bits per heavy atom. The molecule has 1 heterocycles. The second-order valence-corrected chi connectivity index (χ2v) is 9.28. The van der Waals surface area contributed by atoms with Gasteiger partial charge in [0.15, 0.2) is 0 Å². The largest absolute Gasteiger partial charge is 0.480 e. The number of thiol groups is 1. The number of aromatic amines is 1. The van der Waals surface area contributed by atoms with E-state index in [1.807, 2.05) is 32.0 Å². The molecule has 7 N–H and O–H groups in total. The Bertz CT molecular complexity index is 1000. The Balaban J connectivity index is 2.12. The standard InChI is InChI=1S/C24H34N6O5S/c1-14(2)8-19(24(34)35)29-23(33)20(12-36)30-22(32)18(9-15-6-4-3-5-7-15)28-21(31)17(25)10-16-11-26-13-27-16/h3-7,11,13-14,17-20,36H,8-10,12,25H2,1-2H3,(H,26,27)(H,28,31)(H,29,33)(H,30,32)(H,34,35). The molecule has 4 unspecified atom stereocenters. The van der Waals surface area contributed by atoms with Gasteiger partial charge in [0, 0.05) is 30.5 Å². The quantitative estimate of drug-likeness (QED) is 0.172. The zero-order chi connectivity index (χ0) is 26.7. The molecule has 196 valence electrons. The van der Waals surface area contributed by atoms with Gasteiger partial charge >= 0.3 is 5.97 Å². The lowest BCUT2D eigenvalue weighted by Gasteiger charge is -2.25. The van der Waals surface area contributed by atoms with Crippen molar-refractivity contribution in [2.45, 2.75) is 57.3 Å². The summed E-state index contributed by atoms with van der Waals surface area (Å²) in [7, 11) is 0. The van der Waals surface area contributed by atoms with Crippen LogP contribution in [0.3, 0.4) is 0 Å². The SMILES string of the molecule is CC(C)CC(NC(=O)C(CS)NC(=O)C(Cc1ccccc1)NC(=O)C(N)Cc1cnc[nH]1)C(=O)O. The first-order chi connectivity index (χ1) is 17.1. The van der Waals surface area contributed by atoms with Gasteiger partial charge in [-0.2, -0.15) is 12.6 Å². The van der Waals surface area contributed by atoms with Crippen LogP contribution in [-0.4, -0.2) is 68.7 Å². The molecule has 0 aliphatic carbocycles. The van der Waals surface area contributed by atoms with Crippen LogP contribution in [0.15, 0.2) is 42.9 Å². The van der Waals surface area contributed by atoms with Crippen molar-refractivity contribution in [3.8, 4) is 0 Å². The average Bonchev–Trinajstić information content (AvgIpc) is 3.34. The molecule has 0 fully saturated rings. The van der Waals surface area contributed by atoms with E-state index < -0.39 is 47.9 Å². The maximum atomic E-state index is 13.2. The Hall–Kier alpha value is -3.38. The number of benzene rings is 1. The van der Waals surface area contributed by atoms with Crippen LogP contribution in [0.5, 0.6) is 0 Å². The number of H-pyrrole nitrogens is 1. The number of carbonyl (C=O) groups excluding carboxylic acids is 3. The molecule has 0 radical (unpaired) electrons. The van der Waals surface area contributed by atoms with Crippen LogP contribution in [0.4, 0.5) is 0 Å². The maximum Gasteiger partial charge on any atom is 0.326 e. The van der Waals surface area contributed by atoms with E-state index in [1.165, 1.54) is 6.33 Å². The number of amides is 3. The molecule has 36 heavy (non-hydrogen) atoms. The number of carbonyl (C=O) groups is 4. The van der Waals surface area contributed by atoms with E-state index >= 15 is 0 Å². The number of aliphatic carboxylic acids is 1. The summed E-state index contributed by atoms with van der Waals surface area (Å²) in [6.45, 7) is 3.68. The molecule has 2 aromatic rings. The van der Waals surface area contributed by atoms with Crippen molar-refractivity contribution in [3.63, 3.8) is 0 Å². The van der Waals surface area contributed by atoms with Crippen molar-refractivity contribution < 1.29 is 24.3 Å². The van der Waals surface area contributed by atoms with Gasteiger partial charge in [-0.05, 0) is 17.9 Å². The molecule has 0 bridgehead atoms. The highest BCUT2D eigenvalue weighted by Gasteiger charge is 2.30. The molecule has 12 heteroatoms. The highest BCUT2D eigenvalue weighted by Crippen LogP contribution is 2.08. The topological polar surface area (TPSA) is 179 Å². The fourth-order valence-corrected chi connectivity index (χ4v) is 3.75. The van der Waals surface area contributed by atoms with Crippen LogP contribution in [0.1, 0.15) is 31.5 Å². The van der Waals surface area contributed by atoms with Crippen molar-refractivity contribution in [2.75, 3.05) is 5.75 Å². The highest BCUT2D eigenvalue weighted by atomic mass is 32.1. The molecular formula is C24H34N6O5S. The molecule has 0 aliphatic heterocycles. The van der Waals surface area contributed by atoms with Crippen LogP contribution in [0, 0.1) is 5.92 Å². The minimum absolute atomic E-state index is 0.0341. The molecule has 0 saturated heterocycles. The summed E-state index contributed by atoms with van der Waals surface area (Å²) < 4.78 is 0. The molecule has 0 saturated carbocycles. The van der Waals surface area contributed by atoms with Gasteiger partial charge < -0.3 is 31.8 Å². The minimum atomic E-state index is -1.17. The predicted octanol–water partition coefficient (Wildman–Crippen LogP) is 0.0371. The number of nitrogens with zero attached hydrogens (tertiary/aromatic N) is 1. The Kier molecular flexibility index (Phi) is 11.4. The number of aromatic nitrogens is 2. The van der Waals surface area contributed by atoms with Crippen LogP contribution < -0.4 is 21.7 Å². The summed E-state index contributed by atoms with van der Waals surface area (Å²) in [6, 6.07) is 4.88. The summed E-state index contributed by atoms with van der Waals surface area (Å²) in [5.41, 5.74) is 7.48. The molecule has 0 spiro atoms. The number of rotatable bonds is 14. The van der Waals surface area contributed by atoms with E-state index in [-0.39, 0.29) is 30.9 Å². The van der Waals surface area contributed by atoms with Gasteiger partial charge in [0.2, 0.25) is 17.7 Å². The van der Waals surface area contributed by atoms with Crippen LogP contribution in [-0.2, 0) is 32.0 Å². The van der Waals surface area contributed by atoms with Crippen molar-refractivity contribution in [1.29, 1.82) is 0 Å². The summed E-state index contributed by atoms with van der Waals surface area (Å²) in [4.78, 5) is 57.0. The third-order valence-electron chi connectivity index (χ3n) is 5.38. The third kappa shape index (κ3) is 9.34. The second kappa shape index (κ2) is 14.2. The molecule has 1 aromatic carbocycles. The lowest BCUT2D eigenvalue weighted by atomic mass is 10.0. The Morgan fingerprint density at radius 2 is 1.58 bits per heavy atom. The van der Waals surface area contributed by atoms with Gasteiger partial charge in [-0.15, -0.1) is 0 Å². The van der Waals surface area contributed by atoms with E-state index in [1.54, 1.807) is 18.3 Å². The monoisotopic (exact) mass is 518 g/mol. The number of nitrogens with one attached hydrogen (secondary N) is 4. The number of hydrogen-bond donors (Lipinski definition) is 7. The second-order valence-electron chi connectivity index (χ2n) is 8.91. The Morgan fingerprint density at radius 3 is 2.14 bits per heavy atom. The molecule has 2 rings (SSSR count). The van der Waals surface area contributed by atoms with E-state index in [2.05, 4.69) is 38.5 Å². The van der Waals surface area contributed by atoms with Crippen LogP contribution >= 0.6 is 12.6 Å². The van der Waals surface area contributed by atoms with Gasteiger partial charge in [0.1, 0.15) is 18.1 Å². The third-order valence-corrected chi connectivity index (χ3v) is 5.75.